The fourth-order valence-corrected chi connectivity index (χ4v) is 3.25. The highest BCUT2D eigenvalue weighted by Crippen LogP contribution is 2.19. The number of halogens is 1. The van der Waals surface area contributed by atoms with Gasteiger partial charge in [-0.1, -0.05) is 58.4 Å². The van der Waals surface area contributed by atoms with E-state index in [4.69, 9.17) is 5.73 Å². The van der Waals surface area contributed by atoms with Crippen molar-refractivity contribution in [1.29, 1.82) is 0 Å². The lowest BCUT2D eigenvalue weighted by Gasteiger charge is -2.12. The molecular formula is C22H20BrN3O2. The van der Waals surface area contributed by atoms with E-state index in [-0.39, 0.29) is 12.3 Å². The molecule has 3 rings (SSSR count). The van der Waals surface area contributed by atoms with Crippen LogP contribution in [-0.4, -0.2) is 11.8 Å². The van der Waals surface area contributed by atoms with Crippen LogP contribution < -0.4 is 16.4 Å². The first kappa shape index (κ1) is 19.6. The van der Waals surface area contributed by atoms with E-state index in [1.165, 1.54) is 0 Å². The van der Waals surface area contributed by atoms with Crippen LogP contribution >= 0.6 is 15.9 Å². The number of nitrogens with one attached hydrogen (secondary N) is 2. The summed E-state index contributed by atoms with van der Waals surface area (Å²) in [5, 5.41) is 6.14. The summed E-state index contributed by atoms with van der Waals surface area (Å²) in [6.07, 6.45) is 0.288. The van der Waals surface area contributed by atoms with Crippen LogP contribution in [0.15, 0.2) is 77.3 Å². The molecule has 0 aliphatic carbocycles. The molecule has 0 saturated heterocycles. The maximum Gasteiger partial charge on any atom is 0.250 e. The van der Waals surface area contributed by atoms with Crippen LogP contribution in [0.1, 0.15) is 21.5 Å². The molecule has 3 aromatic rings. The summed E-state index contributed by atoms with van der Waals surface area (Å²) in [6.45, 7) is 0.498. The van der Waals surface area contributed by atoms with E-state index in [9.17, 15) is 9.59 Å². The molecule has 0 heterocycles. The summed E-state index contributed by atoms with van der Waals surface area (Å²) in [5.41, 5.74) is 9.15. The largest absolute Gasteiger partial charge is 0.380 e. The predicted octanol–water partition coefficient (Wildman–Crippen LogP) is 4.34. The molecule has 0 aliphatic heterocycles. The van der Waals surface area contributed by atoms with Crippen LogP contribution in [0.25, 0.3) is 0 Å². The van der Waals surface area contributed by atoms with Crippen molar-refractivity contribution in [1.82, 2.24) is 0 Å². The zero-order valence-corrected chi connectivity index (χ0v) is 16.7. The van der Waals surface area contributed by atoms with E-state index in [1.807, 2.05) is 60.7 Å². The minimum atomic E-state index is -0.476. The van der Waals surface area contributed by atoms with Gasteiger partial charge in [-0.15, -0.1) is 0 Å². The highest BCUT2D eigenvalue weighted by Gasteiger charge is 2.09. The van der Waals surface area contributed by atoms with Crippen LogP contribution in [0.5, 0.6) is 0 Å². The number of hydrogen-bond donors (Lipinski definition) is 3. The molecule has 0 unspecified atom stereocenters. The van der Waals surface area contributed by atoms with Gasteiger partial charge in [0.1, 0.15) is 0 Å². The highest BCUT2D eigenvalue weighted by molar-refractivity contribution is 9.10. The Morgan fingerprint density at radius 2 is 1.68 bits per heavy atom. The van der Waals surface area contributed by atoms with E-state index in [2.05, 4.69) is 26.6 Å². The van der Waals surface area contributed by atoms with Crippen LogP contribution in [0.3, 0.4) is 0 Å². The lowest BCUT2D eigenvalue weighted by Crippen LogP contribution is -2.15. The van der Waals surface area contributed by atoms with Gasteiger partial charge in [0, 0.05) is 22.4 Å². The van der Waals surface area contributed by atoms with Crippen molar-refractivity contribution in [2.24, 2.45) is 5.73 Å². The number of primary amides is 1. The summed E-state index contributed by atoms with van der Waals surface area (Å²) < 4.78 is 0.913. The zero-order chi connectivity index (χ0) is 19.9. The van der Waals surface area contributed by atoms with Gasteiger partial charge in [0.05, 0.1) is 12.0 Å². The van der Waals surface area contributed by atoms with Gasteiger partial charge in [0.25, 0.3) is 5.91 Å². The predicted molar refractivity (Wildman–Crippen MR) is 115 cm³/mol. The first-order chi connectivity index (χ1) is 13.5. The summed E-state index contributed by atoms with van der Waals surface area (Å²) >= 11 is 3.46. The Morgan fingerprint density at radius 3 is 2.46 bits per heavy atom. The second-order valence-electron chi connectivity index (χ2n) is 6.28. The second kappa shape index (κ2) is 9.19. The van der Waals surface area contributed by atoms with E-state index in [0.717, 1.165) is 21.3 Å². The number of benzene rings is 3. The maximum atomic E-state index is 12.3. The first-order valence-electron chi connectivity index (χ1n) is 8.78. The maximum absolute atomic E-state index is 12.3. The molecule has 0 aromatic heterocycles. The molecule has 5 nitrogen and oxygen atoms in total. The summed E-state index contributed by atoms with van der Waals surface area (Å²) in [5.74, 6) is -0.563. The Labute approximate surface area is 172 Å². The summed E-state index contributed by atoms with van der Waals surface area (Å²) in [4.78, 5) is 23.9. The molecule has 4 N–H and O–H groups in total. The van der Waals surface area contributed by atoms with E-state index < -0.39 is 5.91 Å². The number of nitrogens with two attached hydrogens (primary N) is 1. The summed E-state index contributed by atoms with van der Waals surface area (Å²) in [6, 6.07) is 22.3. The fraction of sp³-hybridized carbons (Fsp3) is 0.0909. The van der Waals surface area contributed by atoms with E-state index >= 15 is 0 Å². The molecule has 0 atom stereocenters. The van der Waals surface area contributed by atoms with Gasteiger partial charge < -0.3 is 16.4 Å². The Bertz CT molecular complexity index is 1000. The smallest absolute Gasteiger partial charge is 0.250 e. The first-order valence-corrected chi connectivity index (χ1v) is 9.57. The van der Waals surface area contributed by atoms with Crippen molar-refractivity contribution in [2.75, 3.05) is 10.6 Å². The van der Waals surface area contributed by atoms with Crippen molar-refractivity contribution in [2.45, 2.75) is 13.0 Å². The average molecular weight is 438 g/mol. The number of rotatable bonds is 7. The highest BCUT2D eigenvalue weighted by atomic mass is 79.9. The van der Waals surface area contributed by atoms with Gasteiger partial charge in [0.15, 0.2) is 0 Å². The molecule has 0 fully saturated rings. The Hall–Kier alpha value is -3.12. The Kier molecular flexibility index (Phi) is 6.45. The minimum Gasteiger partial charge on any atom is -0.380 e. The Balaban J connectivity index is 1.63. The van der Waals surface area contributed by atoms with Gasteiger partial charge >= 0.3 is 0 Å². The van der Waals surface area contributed by atoms with Crippen molar-refractivity contribution in [3.8, 4) is 0 Å². The van der Waals surface area contributed by atoms with Gasteiger partial charge in [-0.05, 0) is 41.5 Å². The van der Waals surface area contributed by atoms with E-state index in [0.29, 0.717) is 17.8 Å². The molecule has 28 heavy (non-hydrogen) atoms. The SMILES string of the molecule is NC(=O)c1ccccc1NCc1cccc(NC(=O)Cc2ccccc2Br)c1. The van der Waals surface area contributed by atoms with Crippen LogP contribution in [0.4, 0.5) is 11.4 Å². The molecular weight excluding hydrogens is 418 g/mol. The third-order valence-electron chi connectivity index (χ3n) is 4.20. The average Bonchev–Trinajstić information content (AvgIpc) is 2.68. The number of amides is 2. The lowest BCUT2D eigenvalue weighted by atomic mass is 10.1. The van der Waals surface area contributed by atoms with Crippen LogP contribution in [0, 0.1) is 0 Å². The number of anilines is 2. The number of carbonyl (C=O) groups is 2. The second-order valence-corrected chi connectivity index (χ2v) is 7.13. The van der Waals surface area contributed by atoms with Crippen LogP contribution in [0.2, 0.25) is 0 Å². The quantitative estimate of drug-likeness (QED) is 0.513. The third-order valence-corrected chi connectivity index (χ3v) is 4.97. The van der Waals surface area contributed by atoms with Gasteiger partial charge in [-0.3, -0.25) is 9.59 Å². The van der Waals surface area contributed by atoms with Crippen LogP contribution in [-0.2, 0) is 17.8 Å². The number of hydrogen-bond acceptors (Lipinski definition) is 3. The van der Waals surface area contributed by atoms with Gasteiger partial charge in [-0.25, -0.2) is 0 Å². The number of carbonyl (C=O) groups excluding carboxylic acids is 2. The molecule has 142 valence electrons. The third kappa shape index (κ3) is 5.20. The lowest BCUT2D eigenvalue weighted by molar-refractivity contribution is -0.115. The molecule has 0 radical (unpaired) electrons. The molecule has 0 bridgehead atoms. The topological polar surface area (TPSA) is 84.2 Å². The normalized spacial score (nSPS) is 10.3. The molecule has 3 aromatic carbocycles. The summed E-state index contributed by atoms with van der Waals surface area (Å²) in [7, 11) is 0. The van der Waals surface area contributed by atoms with Gasteiger partial charge in [-0.2, -0.15) is 0 Å². The minimum absolute atomic E-state index is 0.0870. The fourth-order valence-electron chi connectivity index (χ4n) is 2.83. The molecule has 0 spiro atoms. The molecule has 0 aliphatic rings. The van der Waals surface area contributed by atoms with Crippen molar-refractivity contribution in [3.05, 3.63) is 94.0 Å². The molecule has 0 saturated carbocycles. The zero-order valence-electron chi connectivity index (χ0n) is 15.1. The van der Waals surface area contributed by atoms with Gasteiger partial charge in [0.2, 0.25) is 5.91 Å². The number of para-hydroxylation sites is 1. The van der Waals surface area contributed by atoms with Crippen molar-refractivity contribution in [3.63, 3.8) is 0 Å². The Morgan fingerprint density at radius 1 is 0.929 bits per heavy atom. The molecule has 6 heteroatoms. The standard InChI is InChI=1S/C22H20BrN3O2/c23-19-10-3-1-7-16(19)13-21(27)26-17-8-5-6-15(12-17)14-25-20-11-4-2-9-18(20)22(24)28/h1-12,25H,13-14H2,(H2,24,28)(H,26,27). The van der Waals surface area contributed by atoms with Crippen molar-refractivity contribution < 1.29 is 9.59 Å². The molecule has 2 amide bonds. The van der Waals surface area contributed by atoms with E-state index in [1.54, 1.807) is 12.1 Å². The van der Waals surface area contributed by atoms with Crippen molar-refractivity contribution >= 4 is 39.1 Å². The monoisotopic (exact) mass is 437 g/mol.